The molecule has 0 unspecified atom stereocenters. The van der Waals surface area contributed by atoms with Crippen LogP contribution in [0.25, 0.3) is 22.2 Å². The molecule has 0 spiro atoms. The van der Waals surface area contributed by atoms with Crippen molar-refractivity contribution in [3.8, 4) is 22.8 Å². The maximum Gasteiger partial charge on any atom is 0.286 e. The van der Waals surface area contributed by atoms with Crippen LogP contribution in [0.3, 0.4) is 0 Å². The molecule has 1 aromatic carbocycles. The van der Waals surface area contributed by atoms with Crippen LogP contribution in [-0.2, 0) is 5.92 Å². The lowest BCUT2D eigenvalue weighted by Crippen LogP contribution is -2.09. The van der Waals surface area contributed by atoms with Crippen LogP contribution in [0.5, 0.6) is 11.6 Å². The summed E-state index contributed by atoms with van der Waals surface area (Å²) in [6, 6.07) is 12.0. The highest BCUT2D eigenvalue weighted by molar-refractivity contribution is 5.92. The van der Waals surface area contributed by atoms with E-state index in [9.17, 15) is 8.78 Å². The summed E-state index contributed by atoms with van der Waals surface area (Å²) in [6.45, 7) is 0.800. The molecular weight excluding hydrogens is 350 g/mol. The number of ether oxygens (including phenoxy) is 1. The zero-order valence-corrected chi connectivity index (χ0v) is 14.3. The minimum atomic E-state index is -3.00. The first-order chi connectivity index (χ1) is 13.0. The van der Waals surface area contributed by atoms with Crippen LogP contribution in [0.4, 0.5) is 8.78 Å². The number of benzene rings is 1. The molecule has 0 fully saturated rings. The summed E-state index contributed by atoms with van der Waals surface area (Å²) in [7, 11) is 0. The highest BCUT2D eigenvalue weighted by Crippen LogP contribution is 2.34. The number of fused-ring (bicyclic) bond motifs is 1. The first kappa shape index (κ1) is 17.0. The first-order valence-electron chi connectivity index (χ1n) is 8.20. The van der Waals surface area contributed by atoms with Crippen molar-refractivity contribution in [2.45, 2.75) is 12.8 Å². The van der Waals surface area contributed by atoms with E-state index < -0.39 is 5.92 Å². The van der Waals surface area contributed by atoms with E-state index in [1.54, 1.807) is 24.7 Å². The molecule has 0 atom stereocenters. The Morgan fingerprint density at radius 1 is 0.815 bits per heavy atom. The molecule has 0 aliphatic rings. The van der Waals surface area contributed by atoms with E-state index in [1.165, 1.54) is 18.3 Å². The van der Waals surface area contributed by atoms with E-state index in [1.807, 2.05) is 24.3 Å². The van der Waals surface area contributed by atoms with E-state index in [0.717, 1.165) is 23.5 Å². The smallest absolute Gasteiger partial charge is 0.286 e. The second-order valence-electron chi connectivity index (χ2n) is 5.96. The van der Waals surface area contributed by atoms with Crippen molar-refractivity contribution in [1.29, 1.82) is 0 Å². The Labute approximate surface area is 153 Å². The summed E-state index contributed by atoms with van der Waals surface area (Å²) < 4.78 is 32.5. The van der Waals surface area contributed by atoms with Crippen LogP contribution in [-0.4, -0.2) is 19.9 Å². The minimum Gasteiger partial charge on any atom is -0.437 e. The molecule has 5 nitrogen and oxygen atoms in total. The van der Waals surface area contributed by atoms with Gasteiger partial charge in [-0.25, -0.2) is 4.98 Å². The second-order valence-corrected chi connectivity index (χ2v) is 5.96. The summed E-state index contributed by atoms with van der Waals surface area (Å²) in [5.41, 5.74) is 2.68. The molecule has 3 heterocycles. The molecule has 3 aromatic heterocycles. The monoisotopic (exact) mass is 364 g/mol. The van der Waals surface area contributed by atoms with Crippen molar-refractivity contribution in [2.75, 3.05) is 0 Å². The Morgan fingerprint density at radius 3 is 2.41 bits per heavy atom. The number of alkyl halides is 2. The molecule has 134 valence electrons. The van der Waals surface area contributed by atoms with Crippen molar-refractivity contribution in [1.82, 2.24) is 19.9 Å². The average molecular weight is 364 g/mol. The van der Waals surface area contributed by atoms with Gasteiger partial charge < -0.3 is 4.74 Å². The molecule has 0 amide bonds. The van der Waals surface area contributed by atoms with Gasteiger partial charge in [0.05, 0.1) is 17.2 Å². The van der Waals surface area contributed by atoms with Gasteiger partial charge in [0, 0.05) is 36.6 Å². The summed E-state index contributed by atoms with van der Waals surface area (Å²) in [5.74, 6) is -2.36. The molecular formula is C20H14F2N4O. The lowest BCUT2D eigenvalue weighted by molar-refractivity contribution is 0.0127. The normalized spacial score (nSPS) is 11.5. The molecule has 7 heteroatoms. The summed E-state index contributed by atoms with van der Waals surface area (Å²) in [5, 5.41) is 0. The number of nitrogens with zero attached hydrogens (tertiary/aromatic N) is 4. The summed E-state index contributed by atoms with van der Waals surface area (Å²) in [6.07, 6.45) is 6.10. The van der Waals surface area contributed by atoms with Gasteiger partial charge in [-0.05, 0) is 30.3 Å². The third-order valence-electron chi connectivity index (χ3n) is 3.96. The lowest BCUT2D eigenvalue weighted by Gasteiger charge is -2.12. The van der Waals surface area contributed by atoms with Crippen LogP contribution < -0.4 is 4.74 Å². The van der Waals surface area contributed by atoms with Gasteiger partial charge in [0.25, 0.3) is 5.92 Å². The summed E-state index contributed by atoms with van der Waals surface area (Å²) >= 11 is 0. The largest absolute Gasteiger partial charge is 0.437 e. The quantitative estimate of drug-likeness (QED) is 0.510. The maximum absolute atomic E-state index is 13.3. The zero-order valence-electron chi connectivity index (χ0n) is 14.3. The van der Waals surface area contributed by atoms with Crippen LogP contribution >= 0.6 is 0 Å². The Morgan fingerprint density at radius 2 is 1.63 bits per heavy atom. The number of pyridine rings is 2. The standard InChI is InChI=1S/C20H14F2N4O/c1-20(21,22)17-8-7-13(12-26-17)27-19-15(5-3-9-25-19)14-4-2-6-16-18(14)24-11-10-23-16/h2-12H,1H3. The SMILES string of the molecule is CC(F)(F)c1ccc(Oc2ncccc2-c2cccc3nccnc23)cn1. The second kappa shape index (κ2) is 6.68. The van der Waals surface area contributed by atoms with Gasteiger partial charge in [-0.3, -0.25) is 15.0 Å². The molecule has 4 rings (SSSR count). The molecule has 27 heavy (non-hydrogen) atoms. The van der Waals surface area contributed by atoms with Gasteiger partial charge in [-0.1, -0.05) is 12.1 Å². The number of rotatable bonds is 4. The topological polar surface area (TPSA) is 60.8 Å². The highest BCUT2D eigenvalue weighted by Gasteiger charge is 2.25. The third kappa shape index (κ3) is 3.44. The molecule has 0 N–H and O–H groups in total. The van der Waals surface area contributed by atoms with Gasteiger partial charge in [-0.2, -0.15) is 8.78 Å². The molecule has 0 aliphatic carbocycles. The van der Waals surface area contributed by atoms with Crippen molar-refractivity contribution >= 4 is 11.0 Å². The molecule has 4 aromatic rings. The fraction of sp³-hybridized carbons (Fsp3) is 0.100. The number of aromatic nitrogens is 4. The third-order valence-corrected chi connectivity index (χ3v) is 3.96. The Bertz CT molecular complexity index is 1090. The van der Waals surface area contributed by atoms with E-state index in [2.05, 4.69) is 19.9 Å². The lowest BCUT2D eigenvalue weighted by atomic mass is 10.1. The Hall–Kier alpha value is -3.48. The molecule has 0 saturated heterocycles. The first-order valence-corrected chi connectivity index (χ1v) is 8.20. The molecule has 0 bridgehead atoms. The van der Waals surface area contributed by atoms with Crippen LogP contribution in [0, 0.1) is 0 Å². The van der Waals surface area contributed by atoms with Gasteiger partial charge in [0.1, 0.15) is 11.4 Å². The van der Waals surface area contributed by atoms with Crippen LogP contribution in [0.2, 0.25) is 0 Å². The molecule has 0 radical (unpaired) electrons. The van der Waals surface area contributed by atoms with Crippen molar-refractivity contribution < 1.29 is 13.5 Å². The minimum absolute atomic E-state index is 0.314. The number of hydrogen-bond acceptors (Lipinski definition) is 5. The number of para-hydroxylation sites is 1. The molecule has 0 aliphatic heterocycles. The van der Waals surface area contributed by atoms with Gasteiger partial charge in [0.15, 0.2) is 0 Å². The number of hydrogen-bond donors (Lipinski definition) is 0. The van der Waals surface area contributed by atoms with E-state index in [0.29, 0.717) is 17.2 Å². The predicted octanol–water partition coefficient (Wildman–Crippen LogP) is 4.99. The van der Waals surface area contributed by atoms with Crippen LogP contribution in [0.15, 0.2) is 67.3 Å². The van der Waals surface area contributed by atoms with Crippen LogP contribution in [0.1, 0.15) is 12.6 Å². The van der Waals surface area contributed by atoms with E-state index >= 15 is 0 Å². The van der Waals surface area contributed by atoms with Gasteiger partial charge in [-0.15, -0.1) is 0 Å². The Balaban J connectivity index is 1.74. The van der Waals surface area contributed by atoms with Crippen molar-refractivity contribution in [3.05, 3.63) is 72.9 Å². The van der Waals surface area contributed by atoms with Gasteiger partial charge >= 0.3 is 0 Å². The highest BCUT2D eigenvalue weighted by atomic mass is 19.3. The zero-order chi connectivity index (χ0) is 18.9. The summed E-state index contributed by atoms with van der Waals surface area (Å²) in [4.78, 5) is 16.8. The van der Waals surface area contributed by atoms with Gasteiger partial charge in [0.2, 0.25) is 5.88 Å². The maximum atomic E-state index is 13.3. The number of halogens is 2. The van der Waals surface area contributed by atoms with E-state index in [4.69, 9.17) is 4.74 Å². The fourth-order valence-electron chi connectivity index (χ4n) is 2.70. The predicted molar refractivity (Wildman–Crippen MR) is 96.6 cm³/mol. The molecule has 0 saturated carbocycles. The van der Waals surface area contributed by atoms with Crippen molar-refractivity contribution in [3.63, 3.8) is 0 Å². The average Bonchev–Trinajstić information content (AvgIpc) is 2.68. The fourth-order valence-corrected chi connectivity index (χ4v) is 2.70. The Kier molecular flexibility index (Phi) is 4.19. The van der Waals surface area contributed by atoms with Crippen molar-refractivity contribution in [2.24, 2.45) is 0 Å². The van der Waals surface area contributed by atoms with E-state index in [-0.39, 0.29) is 5.69 Å².